The van der Waals surface area contributed by atoms with Crippen molar-refractivity contribution in [2.45, 2.75) is 6.61 Å². The molecule has 0 aromatic heterocycles. The number of rotatable bonds is 6. The maximum Gasteiger partial charge on any atom is 0.285 e. The molecule has 1 heterocycles. The third-order valence-corrected chi connectivity index (χ3v) is 6.53. The van der Waals surface area contributed by atoms with Gasteiger partial charge in [0.15, 0.2) is 4.32 Å². The van der Waals surface area contributed by atoms with Gasteiger partial charge in [0.25, 0.3) is 11.8 Å². The summed E-state index contributed by atoms with van der Waals surface area (Å²) in [5.41, 5.74) is 4.58. The Morgan fingerprint density at radius 1 is 1.12 bits per heavy atom. The Bertz CT molecular complexity index is 1250. The third kappa shape index (κ3) is 5.68. The molecule has 0 unspecified atom stereocenters. The van der Waals surface area contributed by atoms with E-state index in [2.05, 4.69) is 21.4 Å². The first-order valence-corrected chi connectivity index (χ1v) is 11.7. The van der Waals surface area contributed by atoms with Crippen LogP contribution in [-0.4, -0.2) is 21.1 Å². The molecule has 0 saturated carbocycles. The molecule has 0 spiro atoms. The highest BCUT2D eigenvalue weighted by Gasteiger charge is 2.33. The van der Waals surface area contributed by atoms with Crippen LogP contribution in [0.25, 0.3) is 6.08 Å². The minimum Gasteiger partial charge on any atom is -0.488 e. The Balaban J connectivity index is 1.43. The molecule has 33 heavy (non-hydrogen) atoms. The van der Waals surface area contributed by atoms with Crippen LogP contribution in [-0.2, 0) is 11.4 Å². The van der Waals surface area contributed by atoms with Gasteiger partial charge in [-0.2, -0.15) is 5.01 Å². The van der Waals surface area contributed by atoms with E-state index in [4.69, 9.17) is 17.0 Å². The number of halogens is 2. The standard InChI is InChI=1S/C24H16BrFN2O3S2/c25-19-12-16(8-11-20(19)31-14-15-6-9-18(26)10-7-15)13-21-23(30)28(24(32)33-21)27-22(29)17-4-2-1-3-5-17/h1-13H,14H2,(H,27,29)/b21-13+. The minimum atomic E-state index is -0.418. The number of hydrazine groups is 1. The van der Waals surface area contributed by atoms with Crippen molar-refractivity contribution in [1.29, 1.82) is 0 Å². The second-order valence-electron chi connectivity index (χ2n) is 6.93. The lowest BCUT2D eigenvalue weighted by molar-refractivity contribution is -0.123. The first-order chi connectivity index (χ1) is 15.9. The Labute approximate surface area is 207 Å². The Hall–Kier alpha value is -3.01. The largest absolute Gasteiger partial charge is 0.488 e. The summed E-state index contributed by atoms with van der Waals surface area (Å²) in [7, 11) is 0. The summed E-state index contributed by atoms with van der Waals surface area (Å²) < 4.78 is 19.8. The summed E-state index contributed by atoms with van der Waals surface area (Å²) in [5.74, 6) is -0.505. The summed E-state index contributed by atoms with van der Waals surface area (Å²) in [6.07, 6.45) is 1.70. The molecule has 9 heteroatoms. The Morgan fingerprint density at radius 2 is 1.85 bits per heavy atom. The fraction of sp³-hybridized carbons (Fsp3) is 0.0417. The lowest BCUT2D eigenvalue weighted by Crippen LogP contribution is -2.44. The molecular weight excluding hydrogens is 527 g/mol. The van der Waals surface area contributed by atoms with Crippen LogP contribution in [0.5, 0.6) is 5.75 Å². The summed E-state index contributed by atoms with van der Waals surface area (Å²) >= 11 is 9.86. The smallest absolute Gasteiger partial charge is 0.285 e. The molecule has 1 saturated heterocycles. The molecule has 1 fully saturated rings. The number of thioether (sulfide) groups is 1. The van der Waals surface area contributed by atoms with E-state index in [-0.39, 0.29) is 16.7 Å². The summed E-state index contributed by atoms with van der Waals surface area (Å²) in [6.45, 7) is 0.290. The van der Waals surface area contributed by atoms with Gasteiger partial charge in [0, 0.05) is 5.56 Å². The van der Waals surface area contributed by atoms with Gasteiger partial charge in [0.2, 0.25) is 0 Å². The van der Waals surface area contributed by atoms with Gasteiger partial charge in [-0.3, -0.25) is 15.0 Å². The molecule has 0 radical (unpaired) electrons. The molecule has 166 valence electrons. The van der Waals surface area contributed by atoms with E-state index in [1.165, 1.54) is 12.1 Å². The van der Waals surface area contributed by atoms with E-state index in [9.17, 15) is 14.0 Å². The van der Waals surface area contributed by atoms with E-state index in [0.29, 0.717) is 20.7 Å². The zero-order valence-corrected chi connectivity index (χ0v) is 20.2. The monoisotopic (exact) mass is 542 g/mol. The molecule has 1 N–H and O–H groups in total. The maximum absolute atomic E-state index is 13.0. The predicted molar refractivity (Wildman–Crippen MR) is 134 cm³/mol. The number of hydrogen-bond acceptors (Lipinski definition) is 5. The van der Waals surface area contributed by atoms with Crippen molar-refractivity contribution in [1.82, 2.24) is 10.4 Å². The molecule has 2 amide bonds. The van der Waals surface area contributed by atoms with Crippen LogP contribution in [0.3, 0.4) is 0 Å². The summed E-state index contributed by atoms with van der Waals surface area (Å²) in [4.78, 5) is 25.6. The molecule has 1 aliphatic rings. The van der Waals surface area contributed by atoms with Crippen LogP contribution in [0.2, 0.25) is 0 Å². The molecule has 0 aliphatic carbocycles. The predicted octanol–water partition coefficient (Wildman–Crippen LogP) is 5.71. The van der Waals surface area contributed by atoms with E-state index in [0.717, 1.165) is 27.9 Å². The normalized spacial score (nSPS) is 14.6. The van der Waals surface area contributed by atoms with E-state index in [1.807, 2.05) is 6.07 Å². The van der Waals surface area contributed by atoms with Gasteiger partial charge in [-0.15, -0.1) is 0 Å². The van der Waals surface area contributed by atoms with Crippen LogP contribution in [0.15, 0.2) is 82.2 Å². The highest BCUT2D eigenvalue weighted by Crippen LogP contribution is 2.33. The van der Waals surface area contributed by atoms with E-state index in [1.54, 1.807) is 60.7 Å². The lowest BCUT2D eigenvalue weighted by Gasteiger charge is -2.15. The van der Waals surface area contributed by atoms with Gasteiger partial charge in [0.05, 0.1) is 9.38 Å². The SMILES string of the molecule is O=C(NN1C(=O)/C(=C\c2ccc(OCc3ccc(F)cc3)c(Br)c2)SC1=S)c1ccccc1. The van der Waals surface area contributed by atoms with Gasteiger partial charge in [-0.25, -0.2) is 4.39 Å². The highest BCUT2D eigenvalue weighted by atomic mass is 79.9. The number of carbonyl (C=O) groups is 2. The van der Waals surface area contributed by atoms with Crippen molar-refractivity contribution in [2.75, 3.05) is 0 Å². The number of nitrogens with one attached hydrogen (secondary N) is 1. The molecule has 3 aromatic carbocycles. The first-order valence-electron chi connectivity index (χ1n) is 9.71. The average molecular weight is 543 g/mol. The van der Waals surface area contributed by atoms with Crippen molar-refractivity contribution in [3.8, 4) is 5.75 Å². The Kier molecular flexibility index (Phi) is 7.22. The molecule has 5 nitrogen and oxygen atoms in total. The van der Waals surface area contributed by atoms with E-state index < -0.39 is 11.8 Å². The van der Waals surface area contributed by atoms with Crippen LogP contribution in [0, 0.1) is 5.82 Å². The molecule has 3 aromatic rings. The number of benzene rings is 3. The summed E-state index contributed by atoms with van der Waals surface area (Å²) in [5, 5.41) is 1.08. The molecular formula is C24H16BrFN2O3S2. The fourth-order valence-electron chi connectivity index (χ4n) is 2.94. The van der Waals surface area contributed by atoms with Crippen molar-refractivity contribution < 1.29 is 18.7 Å². The van der Waals surface area contributed by atoms with Gasteiger partial charge in [-0.1, -0.05) is 48.2 Å². The van der Waals surface area contributed by atoms with Crippen LogP contribution < -0.4 is 10.2 Å². The van der Waals surface area contributed by atoms with Gasteiger partial charge in [0.1, 0.15) is 18.2 Å². The number of carbonyl (C=O) groups excluding carboxylic acids is 2. The second-order valence-corrected chi connectivity index (χ2v) is 9.46. The number of thiocarbonyl (C=S) groups is 1. The van der Waals surface area contributed by atoms with Crippen molar-refractivity contribution in [3.63, 3.8) is 0 Å². The van der Waals surface area contributed by atoms with Crippen molar-refractivity contribution in [2.24, 2.45) is 0 Å². The topological polar surface area (TPSA) is 58.6 Å². The van der Waals surface area contributed by atoms with Gasteiger partial charge < -0.3 is 4.74 Å². The zero-order valence-electron chi connectivity index (χ0n) is 17.0. The number of nitrogens with zero attached hydrogens (tertiary/aromatic N) is 1. The van der Waals surface area contributed by atoms with Crippen LogP contribution >= 0.6 is 39.9 Å². The van der Waals surface area contributed by atoms with Crippen LogP contribution in [0.4, 0.5) is 4.39 Å². The van der Waals surface area contributed by atoms with Gasteiger partial charge >= 0.3 is 0 Å². The number of hydrogen-bond donors (Lipinski definition) is 1. The van der Waals surface area contributed by atoms with Crippen molar-refractivity contribution in [3.05, 3.63) is 105 Å². The van der Waals surface area contributed by atoms with Gasteiger partial charge in [-0.05, 0) is 81.7 Å². The number of amides is 2. The fourth-order valence-corrected chi connectivity index (χ4v) is 4.63. The molecule has 4 rings (SSSR count). The Morgan fingerprint density at radius 3 is 2.55 bits per heavy atom. The average Bonchev–Trinajstić information content (AvgIpc) is 3.07. The second kappa shape index (κ2) is 10.3. The zero-order chi connectivity index (χ0) is 23.4. The summed E-state index contributed by atoms with van der Waals surface area (Å²) in [6, 6.07) is 20.1. The van der Waals surface area contributed by atoms with Crippen LogP contribution in [0.1, 0.15) is 21.5 Å². The molecule has 1 aliphatic heterocycles. The lowest BCUT2D eigenvalue weighted by atomic mass is 10.2. The number of ether oxygens (including phenoxy) is 1. The minimum absolute atomic E-state index is 0.244. The third-order valence-electron chi connectivity index (χ3n) is 4.60. The van der Waals surface area contributed by atoms with Crippen molar-refractivity contribution >= 4 is 62.1 Å². The maximum atomic E-state index is 13.0. The highest BCUT2D eigenvalue weighted by molar-refractivity contribution is 9.10. The molecule has 0 bridgehead atoms. The quantitative estimate of drug-likeness (QED) is 0.319. The van der Waals surface area contributed by atoms with E-state index >= 15 is 0 Å². The first kappa shape index (κ1) is 23.2. The molecule has 0 atom stereocenters.